The Balaban J connectivity index is 3.00. The average molecular weight is 292 g/mol. The molecule has 2 N–H and O–H groups in total. The second-order valence-corrected chi connectivity index (χ2v) is 4.10. The van der Waals surface area contributed by atoms with Crippen LogP contribution in [0.15, 0.2) is 29.4 Å². The molecule has 96 valence electrons. The van der Waals surface area contributed by atoms with E-state index in [0.29, 0.717) is 0 Å². The van der Waals surface area contributed by atoms with Crippen molar-refractivity contribution < 1.29 is 24.6 Å². The Bertz CT molecular complexity index is 501. The molecule has 8 heteroatoms. The fraction of sp³-hybridized carbons (Fsp3) is 0.100. The van der Waals surface area contributed by atoms with E-state index in [4.69, 9.17) is 28.3 Å². The highest BCUT2D eigenvalue weighted by Crippen LogP contribution is 2.13. The maximum atomic E-state index is 10.9. The first-order chi connectivity index (χ1) is 8.41. The van der Waals surface area contributed by atoms with Crippen LogP contribution >= 0.6 is 23.2 Å². The number of alkyl halides is 2. The lowest BCUT2D eigenvalue weighted by Gasteiger charge is -2.02. The number of hydrogen-bond acceptors (Lipinski definition) is 5. The molecule has 0 radical (unpaired) electrons. The summed E-state index contributed by atoms with van der Waals surface area (Å²) in [5.74, 6) is -2.69. The molecule has 0 atom stereocenters. The van der Waals surface area contributed by atoms with Gasteiger partial charge >= 0.3 is 11.9 Å². The van der Waals surface area contributed by atoms with E-state index in [0.717, 1.165) is 6.07 Å². The number of benzene rings is 1. The predicted octanol–water partition coefficient (Wildman–Crippen LogP) is 1.53. The van der Waals surface area contributed by atoms with Crippen LogP contribution in [0, 0.1) is 0 Å². The smallest absolute Gasteiger partial charge is 0.367 e. The molecule has 0 aliphatic rings. The van der Waals surface area contributed by atoms with Gasteiger partial charge in [0.05, 0.1) is 0 Å². The molecule has 0 spiro atoms. The molecule has 0 saturated carbocycles. The van der Waals surface area contributed by atoms with Crippen LogP contribution in [-0.2, 0) is 14.4 Å². The van der Waals surface area contributed by atoms with Crippen molar-refractivity contribution in [3.05, 3.63) is 29.8 Å². The van der Waals surface area contributed by atoms with Crippen molar-refractivity contribution in [2.45, 2.75) is 4.84 Å². The summed E-state index contributed by atoms with van der Waals surface area (Å²) in [7, 11) is 0. The highest BCUT2D eigenvalue weighted by Gasteiger charge is 2.18. The Labute approximate surface area is 111 Å². The maximum Gasteiger partial charge on any atom is 0.367 e. The van der Waals surface area contributed by atoms with Gasteiger partial charge in [-0.1, -0.05) is 40.5 Å². The molecule has 6 nitrogen and oxygen atoms in total. The number of halogens is 2. The van der Waals surface area contributed by atoms with E-state index in [-0.39, 0.29) is 11.3 Å². The van der Waals surface area contributed by atoms with Crippen LogP contribution in [0.4, 0.5) is 0 Å². The number of phenolic OH excluding ortho intramolecular Hbond substituents is 1. The largest absolute Gasteiger partial charge is 0.508 e. The number of carboxylic acids is 1. The molecule has 0 fully saturated rings. The number of nitrogens with zero attached hydrogens (tertiary/aromatic N) is 1. The molecule has 1 aromatic rings. The highest BCUT2D eigenvalue weighted by atomic mass is 35.5. The highest BCUT2D eigenvalue weighted by molar-refractivity contribution is 6.53. The van der Waals surface area contributed by atoms with Crippen LogP contribution in [0.25, 0.3) is 0 Å². The number of hydrogen-bond donors (Lipinski definition) is 2. The molecule has 1 rings (SSSR count). The second-order valence-electron chi connectivity index (χ2n) is 3.01. The van der Waals surface area contributed by atoms with Gasteiger partial charge in [0, 0.05) is 5.56 Å². The molecule has 18 heavy (non-hydrogen) atoms. The molecule has 0 unspecified atom stereocenters. The van der Waals surface area contributed by atoms with Crippen LogP contribution in [0.3, 0.4) is 0 Å². The average Bonchev–Trinajstić information content (AvgIpc) is 2.28. The van der Waals surface area contributed by atoms with E-state index >= 15 is 0 Å². The van der Waals surface area contributed by atoms with Crippen LogP contribution in [-0.4, -0.2) is 32.7 Å². The number of rotatable bonds is 4. The zero-order chi connectivity index (χ0) is 13.7. The first kappa shape index (κ1) is 14.3. The Hall–Kier alpha value is -1.79. The molecule has 1 aromatic carbocycles. The number of phenols is 1. The Morgan fingerprint density at radius 2 is 2.00 bits per heavy atom. The summed E-state index contributed by atoms with van der Waals surface area (Å²) in [4.78, 5) is 24.6. The molecule has 0 aromatic heterocycles. The maximum absolute atomic E-state index is 10.9. The molecule has 0 aliphatic carbocycles. The zero-order valence-corrected chi connectivity index (χ0v) is 10.2. The summed E-state index contributed by atoms with van der Waals surface area (Å²) in [6, 6.07) is 5.29. The van der Waals surface area contributed by atoms with Gasteiger partial charge in [0.1, 0.15) is 5.75 Å². The normalized spacial score (nSPS) is 11.4. The number of oxime groups is 1. The first-order valence-electron chi connectivity index (χ1n) is 4.51. The molecule has 0 amide bonds. The van der Waals surface area contributed by atoms with Gasteiger partial charge in [-0.2, -0.15) is 0 Å². The van der Waals surface area contributed by atoms with Gasteiger partial charge in [0.15, 0.2) is 5.71 Å². The molecule has 0 aliphatic heterocycles. The molecular weight excluding hydrogens is 285 g/mol. The SMILES string of the molecule is O=C(O)C(=NOC(=O)C(Cl)Cl)c1cccc(O)c1. The van der Waals surface area contributed by atoms with Gasteiger partial charge in [0.25, 0.3) is 0 Å². The Morgan fingerprint density at radius 3 is 2.50 bits per heavy atom. The van der Waals surface area contributed by atoms with Crippen molar-refractivity contribution in [2.75, 3.05) is 0 Å². The third kappa shape index (κ3) is 3.90. The van der Waals surface area contributed by atoms with E-state index < -0.39 is 22.5 Å². The molecule has 0 bridgehead atoms. The lowest BCUT2D eigenvalue weighted by molar-refractivity contribution is -0.141. The summed E-state index contributed by atoms with van der Waals surface area (Å²) in [5, 5.41) is 21.3. The van der Waals surface area contributed by atoms with Crippen LogP contribution < -0.4 is 0 Å². The first-order valence-corrected chi connectivity index (χ1v) is 5.39. The van der Waals surface area contributed by atoms with Crippen molar-refractivity contribution in [3.63, 3.8) is 0 Å². The fourth-order valence-electron chi connectivity index (χ4n) is 0.999. The minimum absolute atomic E-state index is 0.0657. The lowest BCUT2D eigenvalue weighted by atomic mass is 10.1. The van der Waals surface area contributed by atoms with Crippen molar-refractivity contribution in [1.29, 1.82) is 0 Å². The van der Waals surface area contributed by atoms with Crippen molar-refractivity contribution in [2.24, 2.45) is 5.16 Å². The predicted molar refractivity (Wildman–Crippen MR) is 63.9 cm³/mol. The zero-order valence-electron chi connectivity index (χ0n) is 8.71. The van der Waals surface area contributed by atoms with E-state index in [1.165, 1.54) is 18.2 Å². The van der Waals surface area contributed by atoms with Crippen LogP contribution in [0.5, 0.6) is 5.75 Å². The van der Waals surface area contributed by atoms with Crippen molar-refractivity contribution in [3.8, 4) is 5.75 Å². The third-order valence-corrected chi connectivity index (χ3v) is 2.08. The topological polar surface area (TPSA) is 96.2 Å². The molecular formula is C10H7Cl2NO5. The molecule has 0 saturated heterocycles. The van der Waals surface area contributed by atoms with Crippen molar-refractivity contribution >= 4 is 40.9 Å². The van der Waals surface area contributed by atoms with Crippen molar-refractivity contribution in [1.82, 2.24) is 0 Å². The summed E-state index contributed by atoms with van der Waals surface area (Å²) < 4.78 is 0. The second kappa shape index (κ2) is 6.23. The minimum atomic E-state index is -1.46. The van der Waals surface area contributed by atoms with Gasteiger partial charge in [-0.05, 0) is 12.1 Å². The monoisotopic (exact) mass is 291 g/mol. The van der Waals surface area contributed by atoms with E-state index in [1.54, 1.807) is 0 Å². The van der Waals surface area contributed by atoms with Crippen LogP contribution in [0.2, 0.25) is 0 Å². The van der Waals surface area contributed by atoms with Gasteiger partial charge < -0.3 is 15.1 Å². The van der Waals surface area contributed by atoms with E-state index in [2.05, 4.69) is 9.99 Å². The molecule has 0 heterocycles. The number of carbonyl (C=O) groups is 2. The Kier molecular flexibility index (Phi) is 4.94. The van der Waals surface area contributed by atoms with E-state index in [9.17, 15) is 14.7 Å². The number of aliphatic carboxylic acids is 1. The summed E-state index contributed by atoms with van der Waals surface area (Å²) in [6.07, 6.45) is 0. The summed E-state index contributed by atoms with van der Waals surface area (Å²) in [6.45, 7) is 0. The van der Waals surface area contributed by atoms with Crippen LogP contribution in [0.1, 0.15) is 5.56 Å². The third-order valence-electron chi connectivity index (χ3n) is 1.73. The Morgan fingerprint density at radius 1 is 1.33 bits per heavy atom. The van der Waals surface area contributed by atoms with Gasteiger partial charge in [-0.15, -0.1) is 0 Å². The van der Waals surface area contributed by atoms with Gasteiger partial charge in [-0.3, -0.25) is 0 Å². The number of carboxylic acid groups (broad SMARTS) is 1. The summed E-state index contributed by atoms with van der Waals surface area (Å²) in [5.41, 5.74) is -0.496. The van der Waals surface area contributed by atoms with E-state index in [1.807, 2.05) is 0 Å². The van der Waals surface area contributed by atoms with Gasteiger partial charge in [-0.25, -0.2) is 9.59 Å². The lowest BCUT2D eigenvalue weighted by Crippen LogP contribution is -2.17. The fourth-order valence-corrected chi connectivity index (χ4v) is 1.08. The summed E-state index contributed by atoms with van der Waals surface area (Å²) >= 11 is 10.4. The standard InChI is InChI=1S/C10H7Cl2NO5/c11-8(12)10(17)18-13-7(9(15)16)5-2-1-3-6(14)4-5/h1-4,8,14H,(H,15,16). The number of aromatic hydroxyl groups is 1. The number of carbonyl (C=O) groups excluding carboxylic acids is 1. The quantitative estimate of drug-likeness (QED) is 0.379. The minimum Gasteiger partial charge on any atom is -0.508 e. The van der Waals surface area contributed by atoms with Gasteiger partial charge in [0.2, 0.25) is 4.84 Å².